The molecule has 0 fully saturated rings. The van der Waals surface area contributed by atoms with Crippen molar-refractivity contribution < 1.29 is 20.9 Å². The second-order valence-electron chi connectivity index (χ2n) is 3.88. The van der Waals surface area contributed by atoms with Gasteiger partial charge >= 0.3 is 44.1 Å². The second kappa shape index (κ2) is 27.2. The fourth-order valence-corrected chi connectivity index (χ4v) is 0.768. The molecule has 3 nitrogen and oxygen atoms in total. The SMILES string of the molecule is CC(C)[N]=[Nb].CC[N-]CC.CC[N-]CC.c1cc[cH-]c1. The van der Waals surface area contributed by atoms with Crippen LogP contribution in [0.1, 0.15) is 41.5 Å². The Labute approximate surface area is 139 Å². The molecule has 0 aliphatic carbocycles. The monoisotopic (exact) mass is 359 g/mol. The first-order valence-corrected chi connectivity index (χ1v) is 8.36. The van der Waals surface area contributed by atoms with E-state index in [0.29, 0.717) is 6.04 Å². The molecular formula is C16H32N3Nb-3. The van der Waals surface area contributed by atoms with Crippen LogP contribution in [0.4, 0.5) is 0 Å². The fourth-order valence-electron chi connectivity index (χ4n) is 0.768. The van der Waals surface area contributed by atoms with Gasteiger partial charge in [-0.1, -0.05) is 27.7 Å². The topological polar surface area (TPSA) is 40.6 Å². The minimum atomic E-state index is 0.531. The molecule has 0 unspecified atom stereocenters. The van der Waals surface area contributed by atoms with E-state index in [2.05, 4.69) is 27.8 Å². The molecule has 0 bridgehead atoms. The number of hydrogen-bond acceptors (Lipinski definition) is 1. The summed E-state index contributed by atoms with van der Waals surface area (Å²) < 4.78 is 3.94. The second-order valence-corrected chi connectivity index (χ2v) is 4.45. The Hall–Kier alpha value is -0.190. The zero-order valence-electron chi connectivity index (χ0n) is 14.1. The minimum absolute atomic E-state index is 0.531. The van der Waals surface area contributed by atoms with Crippen LogP contribution in [0.2, 0.25) is 0 Å². The van der Waals surface area contributed by atoms with E-state index in [1.54, 1.807) is 0 Å². The fraction of sp³-hybridized carbons (Fsp3) is 0.688. The van der Waals surface area contributed by atoms with Gasteiger partial charge in [0, 0.05) is 0 Å². The Balaban J connectivity index is -0.000000193. The van der Waals surface area contributed by atoms with Gasteiger partial charge in [-0.3, -0.25) is 0 Å². The zero-order chi connectivity index (χ0) is 16.1. The molecule has 0 saturated heterocycles. The first-order chi connectivity index (χ1) is 9.60. The molecule has 4 heteroatoms. The Morgan fingerprint density at radius 2 is 1.20 bits per heavy atom. The first-order valence-electron chi connectivity index (χ1n) is 7.37. The molecule has 0 N–H and O–H groups in total. The third kappa shape index (κ3) is 43.1. The third-order valence-corrected chi connectivity index (χ3v) is 2.82. The Kier molecular flexibility index (Phi) is 33.7. The van der Waals surface area contributed by atoms with E-state index in [9.17, 15) is 0 Å². The molecule has 1 rings (SSSR count). The van der Waals surface area contributed by atoms with Gasteiger partial charge in [-0.25, -0.2) is 12.1 Å². The van der Waals surface area contributed by atoms with Gasteiger partial charge in [-0.2, -0.15) is 44.4 Å². The van der Waals surface area contributed by atoms with Crippen molar-refractivity contribution in [3.8, 4) is 0 Å². The largest absolute Gasteiger partial charge is 0.663 e. The zero-order valence-corrected chi connectivity index (χ0v) is 16.3. The number of hydrogen-bond donors (Lipinski definition) is 0. The summed E-state index contributed by atoms with van der Waals surface area (Å²) in [5, 5.41) is 7.94. The van der Waals surface area contributed by atoms with Crippen LogP contribution in [0.15, 0.2) is 33.7 Å². The summed E-state index contributed by atoms with van der Waals surface area (Å²) in [5.41, 5.74) is 0. The molecule has 0 radical (unpaired) electrons. The summed E-state index contributed by atoms with van der Waals surface area (Å²) in [7, 11) is 0. The van der Waals surface area contributed by atoms with Gasteiger partial charge in [0.05, 0.1) is 0 Å². The smallest absolute Gasteiger partial charge is 0.0844 e. The predicted octanol–water partition coefficient (Wildman–Crippen LogP) is 5.33. The van der Waals surface area contributed by atoms with Gasteiger partial charge in [-0.15, -0.1) is 0 Å². The molecule has 0 spiro atoms. The van der Waals surface area contributed by atoms with Crippen LogP contribution in [0.5, 0.6) is 0 Å². The van der Waals surface area contributed by atoms with Gasteiger partial charge in [0.1, 0.15) is 0 Å². The van der Waals surface area contributed by atoms with Crippen molar-refractivity contribution in [1.82, 2.24) is 0 Å². The Morgan fingerprint density at radius 3 is 1.25 bits per heavy atom. The van der Waals surface area contributed by atoms with E-state index < -0.39 is 0 Å². The number of rotatable bonds is 5. The predicted molar refractivity (Wildman–Crippen MR) is 88.5 cm³/mol. The summed E-state index contributed by atoms with van der Waals surface area (Å²) in [6, 6.07) is 10.5. The first kappa shape index (κ1) is 24.8. The quantitative estimate of drug-likeness (QED) is 0.504. The van der Waals surface area contributed by atoms with Gasteiger partial charge in [-0.05, 0) is 0 Å². The van der Waals surface area contributed by atoms with Crippen molar-refractivity contribution in [2.45, 2.75) is 47.6 Å². The van der Waals surface area contributed by atoms with Crippen molar-refractivity contribution in [1.29, 1.82) is 0 Å². The molecular weight excluding hydrogens is 327 g/mol. The van der Waals surface area contributed by atoms with Crippen molar-refractivity contribution >= 4 is 0 Å². The van der Waals surface area contributed by atoms with E-state index in [4.69, 9.17) is 0 Å². The van der Waals surface area contributed by atoms with Crippen LogP contribution in [0, 0.1) is 0 Å². The molecule has 119 valence electrons. The normalized spacial score (nSPS) is 8.30. The van der Waals surface area contributed by atoms with E-state index in [1.807, 2.05) is 58.0 Å². The standard InChI is InChI=1S/C5H5.2C4H10N.C3H7N.Nb/c1-2-4-5-3-1;2*1-3-5-4-2;1-3(2)4;/h1-5H;2*3-4H2,1-2H3;3H,1-2H3;/q3*-1;;. The van der Waals surface area contributed by atoms with Gasteiger partial charge in [0.15, 0.2) is 0 Å². The summed E-state index contributed by atoms with van der Waals surface area (Å²) in [6.07, 6.45) is 0. The summed E-state index contributed by atoms with van der Waals surface area (Å²) in [4.78, 5) is 0. The molecule has 0 aromatic heterocycles. The molecule has 0 saturated carbocycles. The van der Waals surface area contributed by atoms with Crippen LogP contribution in [0.25, 0.3) is 10.6 Å². The minimum Gasteiger partial charge on any atom is -0.663 e. The Bertz CT molecular complexity index is 196. The van der Waals surface area contributed by atoms with Crippen molar-refractivity contribution in [2.75, 3.05) is 26.2 Å². The molecule has 20 heavy (non-hydrogen) atoms. The van der Waals surface area contributed by atoms with Crippen molar-refractivity contribution in [3.05, 3.63) is 41.0 Å². The molecule has 0 amide bonds. The average Bonchev–Trinajstić information content (AvgIpc) is 3.01. The van der Waals surface area contributed by atoms with Gasteiger partial charge < -0.3 is 10.6 Å². The summed E-state index contributed by atoms with van der Waals surface area (Å²) in [6.45, 7) is 16.2. The van der Waals surface area contributed by atoms with Crippen molar-refractivity contribution in [2.24, 2.45) is 3.34 Å². The molecule has 0 heterocycles. The molecule has 0 aliphatic rings. The van der Waals surface area contributed by atoms with Gasteiger partial charge in [0.2, 0.25) is 0 Å². The van der Waals surface area contributed by atoms with E-state index in [0.717, 1.165) is 26.2 Å². The van der Waals surface area contributed by atoms with E-state index in [1.165, 1.54) is 20.9 Å². The molecule has 0 atom stereocenters. The van der Waals surface area contributed by atoms with E-state index >= 15 is 0 Å². The molecule has 1 aromatic carbocycles. The summed E-state index contributed by atoms with van der Waals surface area (Å²) in [5.74, 6) is 0. The molecule has 1 aromatic rings. The van der Waals surface area contributed by atoms with Crippen molar-refractivity contribution in [3.63, 3.8) is 0 Å². The maximum absolute atomic E-state index is 3.97. The van der Waals surface area contributed by atoms with Crippen LogP contribution in [0.3, 0.4) is 0 Å². The van der Waals surface area contributed by atoms with Crippen LogP contribution in [-0.4, -0.2) is 32.2 Å². The average molecular weight is 359 g/mol. The van der Waals surface area contributed by atoms with Crippen LogP contribution < -0.4 is 0 Å². The third-order valence-electron chi connectivity index (χ3n) is 1.68. The summed E-state index contributed by atoms with van der Waals surface area (Å²) >= 11 is 1.53. The van der Waals surface area contributed by atoms with Crippen LogP contribution >= 0.6 is 0 Å². The number of nitrogens with zero attached hydrogens (tertiary/aromatic N) is 3. The molecule has 0 aliphatic heterocycles. The van der Waals surface area contributed by atoms with Gasteiger partial charge in [0.25, 0.3) is 0 Å². The Morgan fingerprint density at radius 1 is 0.900 bits per heavy atom. The van der Waals surface area contributed by atoms with Crippen LogP contribution in [-0.2, 0) is 20.9 Å². The maximum Gasteiger partial charge on any atom is -0.0844 e. The van der Waals surface area contributed by atoms with E-state index in [-0.39, 0.29) is 0 Å². The maximum atomic E-state index is 3.97.